The molecule has 3 rings (SSSR count). The second-order valence-corrected chi connectivity index (χ2v) is 7.27. The van der Waals surface area contributed by atoms with Crippen LogP contribution in [0.5, 0.6) is 5.75 Å². The molecule has 0 bridgehead atoms. The minimum atomic E-state index is -0.607. The molecule has 1 aliphatic rings. The van der Waals surface area contributed by atoms with Crippen molar-refractivity contribution in [1.29, 1.82) is 0 Å². The van der Waals surface area contributed by atoms with E-state index in [0.29, 0.717) is 31.4 Å². The van der Waals surface area contributed by atoms with Gasteiger partial charge in [-0.15, -0.1) is 0 Å². The van der Waals surface area contributed by atoms with Crippen molar-refractivity contribution in [3.8, 4) is 5.75 Å². The standard InChI is InChI=1S/C21H28N4O4/c26-18(14-22-11-12-23-21-10-9-17(13-24-21)25(27)28)15-29-20-8-4-3-7-19(20)16-5-1-2-6-16/h3-4,7-10,13,16,18,22,26H,1-2,5-6,11-12,14-15H2,(H,23,24). The van der Waals surface area contributed by atoms with Crippen LogP contribution in [0.15, 0.2) is 42.6 Å². The Morgan fingerprint density at radius 2 is 2.00 bits per heavy atom. The number of nitrogens with one attached hydrogen (secondary N) is 2. The maximum Gasteiger partial charge on any atom is 0.287 e. The van der Waals surface area contributed by atoms with E-state index in [4.69, 9.17) is 4.74 Å². The molecular weight excluding hydrogens is 372 g/mol. The lowest BCUT2D eigenvalue weighted by Gasteiger charge is -2.18. The van der Waals surface area contributed by atoms with E-state index in [1.807, 2.05) is 18.2 Å². The summed E-state index contributed by atoms with van der Waals surface area (Å²) < 4.78 is 5.90. The zero-order chi connectivity index (χ0) is 20.5. The van der Waals surface area contributed by atoms with Gasteiger partial charge in [0, 0.05) is 25.7 Å². The van der Waals surface area contributed by atoms with Crippen LogP contribution in [-0.2, 0) is 0 Å². The number of hydrogen-bond acceptors (Lipinski definition) is 7. The van der Waals surface area contributed by atoms with E-state index in [-0.39, 0.29) is 12.3 Å². The molecule has 156 valence electrons. The number of para-hydroxylation sites is 1. The third-order valence-corrected chi connectivity index (χ3v) is 5.09. The van der Waals surface area contributed by atoms with Crippen molar-refractivity contribution < 1.29 is 14.8 Å². The molecular formula is C21H28N4O4. The first-order valence-electron chi connectivity index (χ1n) is 10.1. The summed E-state index contributed by atoms with van der Waals surface area (Å²) in [5.74, 6) is 2.02. The topological polar surface area (TPSA) is 110 Å². The Balaban J connectivity index is 1.33. The summed E-state index contributed by atoms with van der Waals surface area (Å²) >= 11 is 0. The van der Waals surface area contributed by atoms with Crippen LogP contribution in [0.4, 0.5) is 11.5 Å². The molecule has 0 saturated heterocycles. The van der Waals surface area contributed by atoms with E-state index in [1.54, 1.807) is 6.07 Å². The Morgan fingerprint density at radius 3 is 2.72 bits per heavy atom. The zero-order valence-corrected chi connectivity index (χ0v) is 16.4. The molecule has 0 spiro atoms. The number of anilines is 1. The van der Waals surface area contributed by atoms with E-state index < -0.39 is 11.0 Å². The van der Waals surface area contributed by atoms with Gasteiger partial charge in [0.15, 0.2) is 0 Å². The van der Waals surface area contributed by atoms with Gasteiger partial charge in [-0.2, -0.15) is 0 Å². The summed E-state index contributed by atoms with van der Waals surface area (Å²) in [7, 11) is 0. The van der Waals surface area contributed by atoms with Gasteiger partial charge in [-0.1, -0.05) is 31.0 Å². The highest BCUT2D eigenvalue weighted by Crippen LogP contribution is 2.38. The maximum atomic E-state index is 10.6. The quantitative estimate of drug-likeness (QED) is 0.302. The van der Waals surface area contributed by atoms with Gasteiger partial charge in [-0.05, 0) is 36.5 Å². The lowest BCUT2D eigenvalue weighted by molar-refractivity contribution is -0.385. The van der Waals surface area contributed by atoms with Crippen molar-refractivity contribution >= 4 is 11.5 Å². The zero-order valence-electron chi connectivity index (χ0n) is 16.4. The van der Waals surface area contributed by atoms with Gasteiger partial charge in [0.25, 0.3) is 5.69 Å². The summed E-state index contributed by atoms with van der Waals surface area (Å²) in [6, 6.07) is 11.1. The number of nitrogens with zero attached hydrogens (tertiary/aromatic N) is 2. The maximum absolute atomic E-state index is 10.6. The van der Waals surface area contributed by atoms with Crippen LogP contribution in [-0.4, -0.2) is 47.4 Å². The summed E-state index contributed by atoms with van der Waals surface area (Å²) in [5.41, 5.74) is 1.22. The molecule has 29 heavy (non-hydrogen) atoms. The molecule has 1 unspecified atom stereocenters. The number of pyridine rings is 1. The van der Waals surface area contributed by atoms with E-state index >= 15 is 0 Å². The SMILES string of the molecule is O=[N+]([O-])c1ccc(NCCNCC(O)COc2ccccc2C2CCCC2)nc1. The van der Waals surface area contributed by atoms with Gasteiger partial charge in [0.05, 0.1) is 4.92 Å². The number of aliphatic hydroxyl groups excluding tert-OH is 1. The molecule has 1 atom stereocenters. The summed E-state index contributed by atoms with van der Waals surface area (Å²) in [4.78, 5) is 14.1. The van der Waals surface area contributed by atoms with E-state index in [9.17, 15) is 15.2 Å². The van der Waals surface area contributed by atoms with Crippen LogP contribution in [0, 0.1) is 10.1 Å². The second kappa shape index (κ2) is 10.7. The van der Waals surface area contributed by atoms with E-state index in [1.165, 1.54) is 43.5 Å². The van der Waals surface area contributed by atoms with Crippen molar-refractivity contribution in [2.45, 2.75) is 37.7 Å². The van der Waals surface area contributed by atoms with Gasteiger partial charge >= 0.3 is 0 Å². The van der Waals surface area contributed by atoms with Crippen molar-refractivity contribution in [3.63, 3.8) is 0 Å². The Kier molecular flexibility index (Phi) is 7.77. The third kappa shape index (κ3) is 6.40. The summed E-state index contributed by atoms with van der Waals surface area (Å²) in [6.07, 6.45) is 5.58. The highest BCUT2D eigenvalue weighted by atomic mass is 16.6. The molecule has 1 aliphatic carbocycles. The van der Waals surface area contributed by atoms with Crippen molar-refractivity contribution in [1.82, 2.24) is 10.3 Å². The minimum absolute atomic E-state index is 0.0358. The van der Waals surface area contributed by atoms with Crippen LogP contribution in [0.25, 0.3) is 0 Å². The predicted molar refractivity (Wildman–Crippen MR) is 111 cm³/mol. The van der Waals surface area contributed by atoms with Crippen LogP contribution >= 0.6 is 0 Å². The van der Waals surface area contributed by atoms with Crippen molar-refractivity contribution in [3.05, 3.63) is 58.3 Å². The molecule has 1 aromatic heterocycles. The normalized spacial score (nSPS) is 15.2. The van der Waals surface area contributed by atoms with E-state index in [0.717, 1.165) is 5.75 Å². The molecule has 0 radical (unpaired) electrons. The highest BCUT2D eigenvalue weighted by Gasteiger charge is 2.20. The summed E-state index contributed by atoms with van der Waals surface area (Å²) in [5, 5.41) is 27.0. The van der Waals surface area contributed by atoms with Crippen molar-refractivity contribution in [2.24, 2.45) is 0 Å². The molecule has 1 heterocycles. The molecule has 3 N–H and O–H groups in total. The Morgan fingerprint density at radius 1 is 1.21 bits per heavy atom. The third-order valence-electron chi connectivity index (χ3n) is 5.09. The van der Waals surface area contributed by atoms with Gasteiger partial charge in [-0.3, -0.25) is 10.1 Å². The van der Waals surface area contributed by atoms with Crippen LogP contribution < -0.4 is 15.4 Å². The Bertz CT molecular complexity index is 779. The smallest absolute Gasteiger partial charge is 0.287 e. The Labute approximate surface area is 170 Å². The molecule has 0 aliphatic heterocycles. The molecule has 0 amide bonds. The monoisotopic (exact) mass is 400 g/mol. The fraction of sp³-hybridized carbons (Fsp3) is 0.476. The van der Waals surface area contributed by atoms with Crippen molar-refractivity contribution in [2.75, 3.05) is 31.6 Å². The number of nitro groups is 1. The molecule has 1 aromatic carbocycles. The fourth-order valence-corrected chi connectivity index (χ4v) is 3.58. The lowest BCUT2D eigenvalue weighted by Crippen LogP contribution is -2.34. The van der Waals surface area contributed by atoms with Crippen LogP contribution in [0.2, 0.25) is 0 Å². The second-order valence-electron chi connectivity index (χ2n) is 7.27. The number of hydrogen-bond donors (Lipinski definition) is 3. The number of benzene rings is 1. The number of aromatic nitrogens is 1. The molecule has 2 aromatic rings. The van der Waals surface area contributed by atoms with E-state index in [2.05, 4.69) is 21.7 Å². The van der Waals surface area contributed by atoms with Gasteiger partial charge < -0.3 is 20.5 Å². The molecule has 8 nitrogen and oxygen atoms in total. The largest absolute Gasteiger partial charge is 0.491 e. The van der Waals surface area contributed by atoms with Gasteiger partial charge in [0.2, 0.25) is 0 Å². The number of aliphatic hydroxyl groups is 1. The average Bonchev–Trinajstić information content (AvgIpc) is 3.27. The first-order valence-corrected chi connectivity index (χ1v) is 10.1. The highest BCUT2D eigenvalue weighted by molar-refractivity contribution is 5.40. The van der Waals surface area contributed by atoms with Gasteiger partial charge in [0.1, 0.15) is 30.5 Å². The predicted octanol–water partition coefficient (Wildman–Crippen LogP) is 3.09. The Hall–Kier alpha value is -2.71. The molecule has 8 heteroatoms. The van der Waals surface area contributed by atoms with Crippen LogP contribution in [0.3, 0.4) is 0 Å². The fourth-order valence-electron chi connectivity index (χ4n) is 3.58. The lowest BCUT2D eigenvalue weighted by atomic mass is 9.97. The minimum Gasteiger partial charge on any atom is -0.491 e. The number of rotatable bonds is 11. The van der Waals surface area contributed by atoms with Crippen LogP contribution in [0.1, 0.15) is 37.2 Å². The average molecular weight is 400 g/mol. The number of ether oxygens (including phenoxy) is 1. The molecule has 1 saturated carbocycles. The molecule has 1 fully saturated rings. The first-order chi connectivity index (χ1) is 14.1. The first kappa shape index (κ1) is 21.0. The van der Waals surface area contributed by atoms with Gasteiger partial charge in [-0.25, -0.2) is 4.98 Å². The summed E-state index contributed by atoms with van der Waals surface area (Å²) in [6.45, 7) is 1.87.